The lowest BCUT2D eigenvalue weighted by Gasteiger charge is -2.34. The van der Waals surface area contributed by atoms with Crippen LogP contribution in [0.3, 0.4) is 0 Å². The van der Waals surface area contributed by atoms with Crippen LogP contribution in [0, 0.1) is 6.92 Å². The molecule has 0 spiro atoms. The van der Waals surface area contributed by atoms with E-state index in [2.05, 4.69) is 9.88 Å². The van der Waals surface area contributed by atoms with E-state index in [0.29, 0.717) is 49.3 Å². The van der Waals surface area contributed by atoms with Gasteiger partial charge in [0.05, 0.1) is 17.5 Å². The normalized spacial score (nSPS) is 15.7. The monoisotopic (exact) mass is 344 g/mol. The summed E-state index contributed by atoms with van der Waals surface area (Å²) in [7, 11) is 0. The predicted octanol–water partition coefficient (Wildman–Crippen LogP) is 0.232. The lowest BCUT2D eigenvalue weighted by molar-refractivity contribution is -0.133. The molecule has 7 nitrogen and oxygen atoms in total. The summed E-state index contributed by atoms with van der Waals surface area (Å²) >= 11 is 0. The number of para-hydroxylation sites is 1. The molecule has 25 heavy (non-hydrogen) atoms. The van der Waals surface area contributed by atoms with Crippen LogP contribution in [0.4, 0.5) is 0 Å². The first kappa shape index (κ1) is 17.6. The van der Waals surface area contributed by atoms with Gasteiger partial charge in [0.15, 0.2) is 0 Å². The van der Waals surface area contributed by atoms with Gasteiger partial charge in [0.2, 0.25) is 5.91 Å². The molecule has 1 amide bonds. The minimum Gasteiger partial charge on any atom is -0.395 e. The molecule has 1 aliphatic heterocycles. The molecular weight excluding hydrogens is 320 g/mol. The van der Waals surface area contributed by atoms with E-state index in [1.54, 1.807) is 17.6 Å². The number of aryl methyl sites for hydroxylation is 1. The summed E-state index contributed by atoms with van der Waals surface area (Å²) in [6.07, 6.45) is 0.292. The van der Waals surface area contributed by atoms with Crippen LogP contribution < -0.4 is 5.56 Å². The van der Waals surface area contributed by atoms with Gasteiger partial charge in [0.1, 0.15) is 5.82 Å². The van der Waals surface area contributed by atoms with Gasteiger partial charge in [-0.15, -0.1) is 0 Å². The van der Waals surface area contributed by atoms with E-state index < -0.39 is 0 Å². The third-order valence-corrected chi connectivity index (χ3v) is 4.74. The second kappa shape index (κ2) is 7.76. The van der Waals surface area contributed by atoms with Crippen LogP contribution in [0.25, 0.3) is 10.9 Å². The van der Waals surface area contributed by atoms with Crippen molar-refractivity contribution >= 4 is 16.8 Å². The van der Waals surface area contributed by atoms with Crippen molar-refractivity contribution in [3.63, 3.8) is 0 Å². The summed E-state index contributed by atoms with van der Waals surface area (Å²) in [5.41, 5.74) is 0.594. The number of aliphatic hydroxyl groups excluding tert-OH is 1. The van der Waals surface area contributed by atoms with Gasteiger partial charge in [-0.05, 0) is 19.1 Å². The van der Waals surface area contributed by atoms with E-state index in [9.17, 15) is 9.59 Å². The molecule has 134 valence electrons. The molecule has 1 saturated heterocycles. The van der Waals surface area contributed by atoms with Gasteiger partial charge in [0, 0.05) is 45.7 Å². The summed E-state index contributed by atoms with van der Waals surface area (Å²) in [4.78, 5) is 33.5. The number of aromatic nitrogens is 2. The van der Waals surface area contributed by atoms with Gasteiger partial charge >= 0.3 is 0 Å². The van der Waals surface area contributed by atoms with Crippen LogP contribution in [-0.2, 0) is 11.3 Å². The first-order valence-corrected chi connectivity index (χ1v) is 8.67. The van der Waals surface area contributed by atoms with E-state index >= 15 is 0 Å². The molecule has 0 bridgehead atoms. The first-order chi connectivity index (χ1) is 12.1. The van der Waals surface area contributed by atoms with Crippen LogP contribution >= 0.6 is 0 Å². The summed E-state index contributed by atoms with van der Waals surface area (Å²) in [6, 6.07) is 7.27. The molecule has 7 heteroatoms. The highest BCUT2D eigenvalue weighted by atomic mass is 16.3. The van der Waals surface area contributed by atoms with E-state index in [-0.39, 0.29) is 18.1 Å². The quantitative estimate of drug-likeness (QED) is 0.840. The Hall–Kier alpha value is -2.25. The maximum absolute atomic E-state index is 12.6. The summed E-state index contributed by atoms with van der Waals surface area (Å²) < 4.78 is 1.59. The molecule has 0 atom stereocenters. The number of benzene rings is 1. The zero-order chi connectivity index (χ0) is 17.8. The SMILES string of the molecule is Cc1nc2ccccc2c(=O)n1CCC(=O)N1CCN(CCO)CC1. The van der Waals surface area contributed by atoms with E-state index in [1.165, 1.54) is 0 Å². The van der Waals surface area contributed by atoms with E-state index in [1.807, 2.05) is 23.1 Å². The Morgan fingerprint density at radius 3 is 2.60 bits per heavy atom. The van der Waals surface area contributed by atoms with Crippen molar-refractivity contribution in [2.75, 3.05) is 39.3 Å². The highest BCUT2D eigenvalue weighted by Gasteiger charge is 2.20. The van der Waals surface area contributed by atoms with Crippen molar-refractivity contribution in [3.8, 4) is 0 Å². The molecule has 1 aromatic heterocycles. The number of hydrogen-bond donors (Lipinski definition) is 1. The van der Waals surface area contributed by atoms with Crippen molar-refractivity contribution in [2.24, 2.45) is 0 Å². The molecule has 1 aromatic carbocycles. The van der Waals surface area contributed by atoms with Gasteiger partial charge in [-0.2, -0.15) is 0 Å². The maximum Gasteiger partial charge on any atom is 0.261 e. The Kier molecular flexibility index (Phi) is 5.45. The number of carbonyl (C=O) groups is 1. The molecule has 1 N–H and O–H groups in total. The third-order valence-electron chi connectivity index (χ3n) is 4.74. The van der Waals surface area contributed by atoms with Crippen LogP contribution in [0.1, 0.15) is 12.2 Å². The number of aliphatic hydroxyl groups is 1. The zero-order valence-electron chi connectivity index (χ0n) is 14.5. The summed E-state index contributed by atoms with van der Waals surface area (Å²) in [5, 5.41) is 9.55. The summed E-state index contributed by atoms with van der Waals surface area (Å²) in [6.45, 7) is 5.84. The number of carbonyl (C=O) groups excluding carboxylic acids is 1. The topological polar surface area (TPSA) is 78.7 Å². The Labute approximate surface area is 146 Å². The fourth-order valence-corrected chi connectivity index (χ4v) is 3.27. The number of amides is 1. The molecule has 0 unspecified atom stereocenters. The average Bonchev–Trinajstić information content (AvgIpc) is 2.62. The molecule has 0 aliphatic carbocycles. The van der Waals surface area contributed by atoms with Crippen molar-refractivity contribution < 1.29 is 9.90 Å². The minimum atomic E-state index is -0.0938. The summed E-state index contributed by atoms with van der Waals surface area (Å²) in [5.74, 6) is 0.687. The van der Waals surface area contributed by atoms with Gasteiger partial charge in [-0.1, -0.05) is 12.1 Å². The zero-order valence-corrected chi connectivity index (χ0v) is 14.5. The van der Waals surface area contributed by atoms with Gasteiger partial charge in [0.25, 0.3) is 5.56 Å². The largest absolute Gasteiger partial charge is 0.395 e. The molecule has 3 rings (SSSR count). The lowest BCUT2D eigenvalue weighted by Crippen LogP contribution is -2.49. The van der Waals surface area contributed by atoms with Crippen molar-refractivity contribution in [2.45, 2.75) is 19.9 Å². The van der Waals surface area contributed by atoms with E-state index in [0.717, 1.165) is 13.1 Å². The van der Waals surface area contributed by atoms with Gasteiger partial charge in [-0.25, -0.2) is 4.98 Å². The van der Waals surface area contributed by atoms with Crippen molar-refractivity contribution in [1.82, 2.24) is 19.4 Å². The third kappa shape index (κ3) is 3.88. The van der Waals surface area contributed by atoms with Crippen LogP contribution in [-0.4, -0.2) is 69.7 Å². The number of β-amino-alcohol motifs (C(OH)–C–C–N with tert-alkyl or cyclic N) is 1. The fourth-order valence-electron chi connectivity index (χ4n) is 3.27. The standard InChI is InChI=1S/C18H24N4O3/c1-14-19-16-5-3-2-4-15(16)18(25)22(14)7-6-17(24)21-10-8-20(9-11-21)12-13-23/h2-5,23H,6-13H2,1H3. The first-order valence-electron chi connectivity index (χ1n) is 8.67. The van der Waals surface area contributed by atoms with Crippen LogP contribution in [0.2, 0.25) is 0 Å². The molecule has 1 aliphatic rings. The van der Waals surface area contributed by atoms with Crippen molar-refractivity contribution in [3.05, 3.63) is 40.4 Å². The second-order valence-electron chi connectivity index (χ2n) is 6.33. The second-order valence-corrected chi connectivity index (χ2v) is 6.33. The number of piperazine rings is 1. The Bertz CT molecular complexity index is 810. The molecule has 1 fully saturated rings. The smallest absolute Gasteiger partial charge is 0.261 e. The number of rotatable bonds is 5. The molecule has 2 aromatic rings. The molecular formula is C18H24N4O3. The Morgan fingerprint density at radius 1 is 1.16 bits per heavy atom. The van der Waals surface area contributed by atoms with Crippen LogP contribution in [0.15, 0.2) is 29.1 Å². The number of fused-ring (bicyclic) bond motifs is 1. The predicted molar refractivity (Wildman–Crippen MR) is 95.5 cm³/mol. The van der Waals surface area contributed by atoms with Crippen LogP contribution in [0.5, 0.6) is 0 Å². The highest BCUT2D eigenvalue weighted by Crippen LogP contribution is 2.09. The average molecular weight is 344 g/mol. The maximum atomic E-state index is 12.6. The lowest BCUT2D eigenvalue weighted by atomic mass is 10.2. The fraction of sp³-hybridized carbons (Fsp3) is 0.500. The number of nitrogens with zero attached hydrogens (tertiary/aromatic N) is 4. The molecule has 2 heterocycles. The molecule has 0 radical (unpaired) electrons. The van der Waals surface area contributed by atoms with Gasteiger partial charge in [-0.3, -0.25) is 19.1 Å². The van der Waals surface area contributed by atoms with Gasteiger partial charge < -0.3 is 10.0 Å². The molecule has 0 saturated carbocycles. The van der Waals surface area contributed by atoms with Crippen molar-refractivity contribution in [1.29, 1.82) is 0 Å². The van der Waals surface area contributed by atoms with E-state index in [4.69, 9.17) is 5.11 Å². The Balaban J connectivity index is 1.65. The Morgan fingerprint density at radius 2 is 1.88 bits per heavy atom. The number of hydrogen-bond acceptors (Lipinski definition) is 5. The highest BCUT2D eigenvalue weighted by molar-refractivity contribution is 5.78. The minimum absolute atomic E-state index is 0.0584.